The third-order valence-electron chi connectivity index (χ3n) is 3.59. The number of halogens is 2. The topological polar surface area (TPSA) is 127 Å². The fourth-order valence-electron chi connectivity index (χ4n) is 2.22. The van der Waals surface area contributed by atoms with Crippen LogP contribution in [0.15, 0.2) is 18.2 Å². The molecule has 0 radical (unpaired) electrons. The Kier molecular flexibility index (Phi) is 8.99. The summed E-state index contributed by atoms with van der Waals surface area (Å²) in [5, 5.41) is 18.3. The molecule has 2 rings (SSSR count). The number of nitrogens with zero attached hydrogens (tertiary/aromatic N) is 2. The molecule has 0 unspecified atom stereocenters. The Hall–Kier alpha value is -2.36. The van der Waals surface area contributed by atoms with Crippen LogP contribution in [0.1, 0.15) is 6.92 Å². The number of carboxylic acids is 2. The summed E-state index contributed by atoms with van der Waals surface area (Å²) in [4.78, 5) is 45.3. The van der Waals surface area contributed by atoms with Crippen molar-refractivity contribution in [1.29, 1.82) is 0 Å². The van der Waals surface area contributed by atoms with Crippen LogP contribution >= 0.6 is 23.2 Å². The van der Waals surface area contributed by atoms with E-state index in [-0.39, 0.29) is 18.4 Å². The number of amides is 2. The van der Waals surface area contributed by atoms with E-state index in [1.165, 1.54) is 0 Å². The first kappa shape index (κ1) is 22.7. The van der Waals surface area contributed by atoms with Crippen LogP contribution in [0.2, 0.25) is 10.0 Å². The fourth-order valence-corrected chi connectivity index (χ4v) is 2.71. The molecule has 27 heavy (non-hydrogen) atoms. The van der Waals surface area contributed by atoms with E-state index in [4.69, 9.17) is 43.0 Å². The lowest BCUT2D eigenvalue weighted by Crippen LogP contribution is -2.49. The molecule has 0 aromatic heterocycles. The highest BCUT2D eigenvalue weighted by Crippen LogP contribution is 2.29. The molecule has 1 aliphatic rings. The Morgan fingerprint density at radius 1 is 1.00 bits per heavy atom. The van der Waals surface area contributed by atoms with Crippen LogP contribution in [-0.2, 0) is 19.2 Å². The number of benzene rings is 1. The number of nitrogens with one attached hydrogen (secondary N) is 1. The Morgan fingerprint density at radius 2 is 1.48 bits per heavy atom. The molecule has 1 aliphatic heterocycles. The van der Waals surface area contributed by atoms with Gasteiger partial charge >= 0.3 is 11.9 Å². The SMILES string of the molecule is CC(=O)N1CCN(CC(=O)Nc2c(Cl)cccc2Cl)CC1.O=C(O)C(=O)O. The van der Waals surface area contributed by atoms with Gasteiger partial charge in [0.15, 0.2) is 0 Å². The quantitative estimate of drug-likeness (QED) is 0.628. The molecule has 1 aromatic rings. The molecule has 148 valence electrons. The number of carbonyl (C=O) groups is 4. The highest BCUT2D eigenvalue weighted by molar-refractivity contribution is 6.39. The maximum atomic E-state index is 12.0. The van der Waals surface area contributed by atoms with E-state index < -0.39 is 11.9 Å². The zero-order valence-electron chi connectivity index (χ0n) is 14.4. The molecule has 11 heteroatoms. The van der Waals surface area contributed by atoms with Crippen molar-refractivity contribution in [2.75, 3.05) is 38.0 Å². The lowest BCUT2D eigenvalue weighted by atomic mass is 10.3. The van der Waals surface area contributed by atoms with Gasteiger partial charge in [-0.25, -0.2) is 9.59 Å². The smallest absolute Gasteiger partial charge is 0.414 e. The van der Waals surface area contributed by atoms with Crippen LogP contribution in [-0.4, -0.2) is 76.5 Å². The van der Waals surface area contributed by atoms with Crippen molar-refractivity contribution in [3.63, 3.8) is 0 Å². The van der Waals surface area contributed by atoms with Gasteiger partial charge in [-0.2, -0.15) is 0 Å². The van der Waals surface area contributed by atoms with Gasteiger partial charge in [-0.15, -0.1) is 0 Å². The summed E-state index contributed by atoms with van der Waals surface area (Å²) in [6.07, 6.45) is 0. The fraction of sp³-hybridized carbons (Fsp3) is 0.375. The maximum absolute atomic E-state index is 12.0. The zero-order chi connectivity index (χ0) is 20.6. The Morgan fingerprint density at radius 3 is 1.89 bits per heavy atom. The molecule has 0 spiro atoms. The summed E-state index contributed by atoms with van der Waals surface area (Å²) in [5.41, 5.74) is 0.438. The first-order valence-electron chi connectivity index (χ1n) is 7.79. The molecule has 1 saturated heterocycles. The predicted molar refractivity (Wildman–Crippen MR) is 99.1 cm³/mol. The molecular weight excluding hydrogens is 401 g/mol. The van der Waals surface area contributed by atoms with Crippen LogP contribution in [0.25, 0.3) is 0 Å². The minimum Gasteiger partial charge on any atom is -0.473 e. The number of aliphatic carboxylic acids is 2. The lowest BCUT2D eigenvalue weighted by molar-refractivity contribution is -0.159. The van der Waals surface area contributed by atoms with E-state index >= 15 is 0 Å². The summed E-state index contributed by atoms with van der Waals surface area (Å²) in [6, 6.07) is 5.07. The van der Waals surface area contributed by atoms with E-state index in [2.05, 4.69) is 5.32 Å². The summed E-state index contributed by atoms with van der Waals surface area (Å²) in [7, 11) is 0. The summed E-state index contributed by atoms with van der Waals surface area (Å²) >= 11 is 12.0. The van der Waals surface area contributed by atoms with Crippen LogP contribution in [0.4, 0.5) is 5.69 Å². The van der Waals surface area contributed by atoms with Gasteiger partial charge < -0.3 is 20.4 Å². The number of carbonyl (C=O) groups excluding carboxylic acids is 2. The number of para-hydroxylation sites is 1. The number of anilines is 1. The minimum atomic E-state index is -1.82. The van der Waals surface area contributed by atoms with E-state index in [0.717, 1.165) is 0 Å². The van der Waals surface area contributed by atoms with Gasteiger partial charge in [0.05, 0.1) is 22.3 Å². The minimum absolute atomic E-state index is 0.0713. The molecule has 0 saturated carbocycles. The van der Waals surface area contributed by atoms with Crippen molar-refractivity contribution in [2.45, 2.75) is 6.92 Å². The average Bonchev–Trinajstić information content (AvgIpc) is 2.59. The number of hydrogen-bond acceptors (Lipinski definition) is 5. The van der Waals surface area contributed by atoms with Crippen molar-refractivity contribution in [1.82, 2.24) is 9.80 Å². The van der Waals surface area contributed by atoms with Gasteiger partial charge in [0, 0.05) is 33.1 Å². The molecule has 2 amide bonds. The maximum Gasteiger partial charge on any atom is 0.414 e. The van der Waals surface area contributed by atoms with Crippen molar-refractivity contribution in [2.24, 2.45) is 0 Å². The highest BCUT2D eigenvalue weighted by Gasteiger charge is 2.20. The van der Waals surface area contributed by atoms with Crippen molar-refractivity contribution in [3.05, 3.63) is 28.2 Å². The van der Waals surface area contributed by atoms with Gasteiger partial charge in [0.25, 0.3) is 0 Å². The van der Waals surface area contributed by atoms with E-state index in [9.17, 15) is 9.59 Å². The average molecular weight is 420 g/mol. The molecule has 9 nitrogen and oxygen atoms in total. The van der Waals surface area contributed by atoms with Crippen LogP contribution in [0.5, 0.6) is 0 Å². The second-order valence-electron chi connectivity index (χ2n) is 5.54. The Balaban J connectivity index is 0.000000527. The molecule has 3 N–H and O–H groups in total. The standard InChI is InChI=1S/C14H17Cl2N3O2.C2H2O4/c1-10(20)19-7-5-18(6-8-19)9-13(21)17-14-11(15)3-2-4-12(14)16;3-1(4)2(5)6/h2-4H,5-9H2,1H3,(H,17,21);(H,3,4)(H,5,6). The Bertz CT molecular complexity index is 688. The van der Waals surface area contributed by atoms with Crippen LogP contribution in [0.3, 0.4) is 0 Å². The largest absolute Gasteiger partial charge is 0.473 e. The second kappa shape index (κ2) is 10.7. The molecule has 1 fully saturated rings. The number of rotatable bonds is 3. The summed E-state index contributed by atoms with van der Waals surface area (Å²) in [6.45, 7) is 4.48. The molecular formula is C16H19Cl2N3O6. The Labute approximate surface area is 165 Å². The second-order valence-corrected chi connectivity index (χ2v) is 6.35. The molecule has 1 heterocycles. The van der Waals surface area contributed by atoms with Gasteiger partial charge in [-0.1, -0.05) is 29.3 Å². The molecule has 0 atom stereocenters. The van der Waals surface area contributed by atoms with Gasteiger partial charge in [0.1, 0.15) is 0 Å². The molecule has 1 aromatic carbocycles. The number of carboxylic acid groups (broad SMARTS) is 2. The first-order chi connectivity index (χ1) is 12.6. The van der Waals surface area contributed by atoms with E-state index in [0.29, 0.717) is 41.9 Å². The monoisotopic (exact) mass is 419 g/mol. The van der Waals surface area contributed by atoms with Crippen molar-refractivity contribution >= 4 is 52.6 Å². The summed E-state index contributed by atoms with van der Waals surface area (Å²) < 4.78 is 0. The van der Waals surface area contributed by atoms with Gasteiger partial charge in [-0.05, 0) is 12.1 Å². The zero-order valence-corrected chi connectivity index (χ0v) is 16.0. The van der Waals surface area contributed by atoms with Gasteiger partial charge in [-0.3, -0.25) is 14.5 Å². The highest BCUT2D eigenvalue weighted by atomic mass is 35.5. The lowest BCUT2D eigenvalue weighted by Gasteiger charge is -2.33. The third-order valence-corrected chi connectivity index (χ3v) is 4.22. The van der Waals surface area contributed by atoms with Crippen molar-refractivity contribution < 1.29 is 29.4 Å². The van der Waals surface area contributed by atoms with Crippen LogP contribution < -0.4 is 5.32 Å². The molecule has 0 bridgehead atoms. The third kappa shape index (κ3) is 7.81. The van der Waals surface area contributed by atoms with Crippen LogP contribution in [0, 0.1) is 0 Å². The number of piperazine rings is 1. The first-order valence-corrected chi connectivity index (χ1v) is 8.55. The predicted octanol–water partition coefficient (Wildman–Crippen LogP) is 1.25. The van der Waals surface area contributed by atoms with Crippen molar-refractivity contribution in [3.8, 4) is 0 Å². The normalized spacial score (nSPS) is 14.0. The number of hydrogen-bond donors (Lipinski definition) is 3. The van der Waals surface area contributed by atoms with Gasteiger partial charge in [0.2, 0.25) is 11.8 Å². The summed E-state index contributed by atoms with van der Waals surface area (Å²) in [5.74, 6) is -3.74. The molecule has 0 aliphatic carbocycles. The van der Waals surface area contributed by atoms with E-state index in [1.807, 2.05) is 4.90 Å². The van der Waals surface area contributed by atoms with E-state index in [1.54, 1.807) is 30.0 Å².